The highest BCUT2D eigenvalue weighted by Gasteiger charge is 2.30. The van der Waals surface area contributed by atoms with Gasteiger partial charge in [-0.3, -0.25) is 0 Å². The second-order valence-electron chi connectivity index (χ2n) is 4.28. The first-order chi connectivity index (χ1) is 8.33. The Morgan fingerprint density at radius 1 is 1.47 bits per heavy atom. The Balaban J connectivity index is 1.69. The van der Waals surface area contributed by atoms with Gasteiger partial charge in [0.2, 0.25) is 11.7 Å². The van der Waals surface area contributed by atoms with Crippen LogP contribution in [0.2, 0.25) is 0 Å². The van der Waals surface area contributed by atoms with Gasteiger partial charge in [0.1, 0.15) is 6.10 Å². The molecular formula is C10H15N3O3S. The Morgan fingerprint density at radius 2 is 2.41 bits per heavy atom. The summed E-state index contributed by atoms with van der Waals surface area (Å²) >= 11 is 1.84. The van der Waals surface area contributed by atoms with E-state index in [4.69, 9.17) is 9.26 Å². The first-order valence-electron chi connectivity index (χ1n) is 5.77. The number of rotatable bonds is 2. The van der Waals surface area contributed by atoms with Crippen molar-refractivity contribution in [1.29, 1.82) is 0 Å². The Morgan fingerprint density at radius 3 is 3.12 bits per heavy atom. The molecule has 1 unspecified atom stereocenters. The maximum Gasteiger partial charge on any atom is 0.243 e. The molecule has 2 aliphatic rings. The van der Waals surface area contributed by atoms with Gasteiger partial charge in [-0.15, -0.1) is 0 Å². The van der Waals surface area contributed by atoms with Crippen molar-refractivity contribution in [3.8, 4) is 0 Å². The van der Waals surface area contributed by atoms with E-state index in [1.165, 1.54) is 0 Å². The van der Waals surface area contributed by atoms with E-state index in [9.17, 15) is 5.11 Å². The molecule has 3 heterocycles. The summed E-state index contributed by atoms with van der Waals surface area (Å²) in [5.74, 6) is 3.07. The predicted molar refractivity (Wildman–Crippen MR) is 61.7 cm³/mol. The highest BCUT2D eigenvalue weighted by atomic mass is 32.2. The van der Waals surface area contributed by atoms with Crippen LogP contribution in [0.25, 0.3) is 0 Å². The van der Waals surface area contributed by atoms with Gasteiger partial charge in [0.25, 0.3) is 0 Å². The SMILES string of the molecule is O[C@H]1CN[C@H](c2nc(C3CSCCO3)no2)C1. The van der Waals surface area contributed by atoms with Crippen LogP contribution in [0.4, 0.5) is 0 Å². The number of aliphatic hydroxyl groups is 1. The third kappa shape index (κ3) is 2.47. The summed E-state index contributed by atoms with van der Waals surface area (Å²) in [6.07, 6.45) is 0.247. The topological polar surface area (TPSA) is 80.4 Å². The standard InChI is InChI=1S/C10H15N3O3S/c14-6-3-7(11-4-6)10-12-9(13-16-10)8-5-17-2-1-15-8/h6-8,11,14H,1-5H2/t6-,7+,8?/m1/s1. The summed E-state index contributed by atoms with van der Waals surface area (Å²) in [4.78, 5) is 4.36. The minimum atomic E-state index is -0.322. The molecule has 0 amide bonds. The second-order valence-corrected chi connectivity index (χ2v) is 5.43. The fourth-order valence-corrected chi connectivity index (χ4v) is 2.90. The van der Waals surface area contributed by atoms with Gasteiger partial charge in [-0.25, -0.2) is 0 Å². The van der Waals surface area contributed by atoms with E-state index in [0.29, 0.717) is 24.7 Å². The average Bonchev–Trinajstić information content (AvgIpc) is 2.98. The van der Waals surface area contributed by atoms with E-state index in [1.54, 1.807) is 0 Å². The number of aromatic nitrogens is 2. The number of hydrogen-bond donors (Lipinski definition) is 2. The van der Waals surface area contributed by atoms with Crippen LogP contribution in [0.1, 0.15) is 30.3 Å². The molecule has 1 aromatic heterocycles. The molecule has 0 aliphatic carbocycles. The van der Waals surface area contributed by atoms with Gasteiger partial charge in [0.05, 0.1) is 18.8 Å². The summed E-state index contributed by atoms with van der Waals surface area (Å²) in [5.41, 5.74) is 0. The van der Waals surface area contributed by atoms with E-state index in [0.717, 1.165) is 18.1 Å². The zero-order valence-electron chi connectivity index (χ0n) is 9.33. The molecule has 3 rings (SSSR count). The zero-order valence-corrected chi connectivity index (χ0v) is 10.2. The lowest BCUT2D eigenvalue weighted by Crippen LogP contribution is -2.17. The van der Waals surface area contributed by atoms with Crippen molar-refractivity contribution >= 4 is 11.8 Å². The van der Waals surface area contributed by atoms with E-state index in [-0.39, 0.29) is 18.2 Å². The highest BCUT2D eigenvalue weighted by molar-refractivity contribution is 7.99. The summed E-state index contributed by atoms with van der Waals surface area (Å²) in [7, 11) is 0. The Bertz CT molecular complexity index is 361. The zero-order chi connectivity index (χ0) is 11.7. The third-order valence-electron chi connectivity index (χ3n) is 2.97. The van der Waals surface area contributed by atoms with Crippen LogP contribution in [0.3, 0.4) is 0 Å². The summed E-state index contributed by atoms with van der Waals surface area (Å²) in [6, 6.07) is -0.0255. The second kappa shape index (κ2) is 4.93. The van der Waals surface area contributed by atoms with Gasteiger partial charge in [-0.05, 0) is 6.42 Å². The molecule has 2 aliphatic heterocycles. The van der Waals surface area contributed by atoms with E-state index in [1.807, 2.05) is 11.8 Å². The van der Waals surface area contributed by atoms with E-state index in [2.05, 4.69) is 15.5 Å². The van der Waals surface area contributed by atoms with Crippen molar-refractivity contribution in [3.05, 3.63) is 11.7 Å². The predicted octanol–water partition coefficient (Wildman–Crippen LogP) is 0.269. The molecule has 0 saturated carbocycles. The number of hydrogen-bond acceptors (Lipinski definition) is 7. The average molecular weight is 257 g/mol. The fraction of sp³-hybridized carbons (Fsp3) is 0.800. The first-order valence-corrected chi connectivity index (χ1v) is 6.92. The van der Waals surface area contributed by atoms with Crippen LogP contribution in [0, 0.1) is 0 Å². The Hall–Kier alpha value is -0.630. The van der Waals surface area contributed by atoms with Crippen LogP contribution in [0.5, 0.6) is 0 Å². The maximum atomic E-state index is 9.44. The normalized spacial score (nSPS) is 34.1. The first kappa shape index (κ1) is 11.5. The minimum absolute atomic E-state index is 0.0255. The van der Waals surface area contributed by atoms with Crippen molar-refractivity contribution in [2.45, 2.75) is 24.7 Å². The summed E-state index contributed by atoms with van der Waals surface area (Å²) < 4.78 is 10.8. The molecule has 2 saturated heterocycles. The molecule has 94 valence electrons. The molecule has 7 heteroatoms. The fourth-order valence-electron chi connectivity index (χ4n) is 2.06. The molecule has 0 radical (unpaired) electrons. The Kier molecular flexibility index (Phi) is 3.32. The van der Waals surface area contributed by atoms with Crippen molar-refractivity contribution in [1.82, 2.24) is 15.5 Å². The molecule has 0 spiro atoms. The molecular weight excluding hydrogens is 242 g/mol. The molecule has 2 fully saturated rings. The smallest absolute Gasteiger partial charge is 0.243 e. The van der Waals surface area contributed by atoms with Gasteiger partial charge in [0, 0.05) is 18.1 Å². The van der Waals surface area contributed by atoms with Crippen molar-refractivity contribution < 1.29 is 14.4 Å². The number of ether oxygens (including phenoxy) is 1. The Labute approximate surface area is 103 Å². The van der Waals surface area contributed by atoms with Crippen LogP contribution in [0.15, 0.2) is 4.52 Å². The minimum Gasteiger partial charge on any atom is -0.392 e. The van der Waals surface area contributed by atoms with Gasteiger partial charge >= 0.3 is 0 Å². The van der Waals surface area contributed by atoms with Crippen molar-refractivity contribution in [2.75, 3.05) is 24.7 Å². The van der Waals surface area contributed by atoms with Crippen molar-refractivity contribution in [2.24, 2.45) is 0 Å². The van der Waals surface area contributed by atoms with Crippen LogP contribution in [-0.4, -0.2) is 46.0 Å². The third-order valence-corrected chi connectivity index (χ3v) is 3.96. The molecule has 2 N–H and O–H groups in total. The lowest BCUT2D eigenvalue weighted by atomic mass is 10.2. The van der Waals surface area contributed by atoms with E-state index < -0.39 is 0 Å². The lowest BCUT2D eigenvalue weighted by molar-refractivity contribution is 0.0677. The number of β-amino-alcohol motifs (C(OH)–C–C–N with tert-alkyl or cyclic N) is 1. The summed E-state index contributed by atoms with van der Waals surface area (Å²) in [5, 5.41) is 16.5. The maximum absolute atomic E-state index is 9.44. The van der Waals surface area contributed by atoms with Gasteiger partial charge in [-0.2, -0.15) is 16.7 Å². The highest BCUT2D eigenvalue weighted by Crippen LogP contribution is 2.27. The molecule has 6 nitrogen and oxygen atoms in total. The largest absolute Gasteiger partial charge is 0.392 e. The molecule has 17 heavy (non-hydrogen) atoms. The number of aliphatic hydroxyl groups excluding tert-OH is 1. The number of nitrogens with one attached hydrogen (secondary N) is 1. The lowest BCUT2D eigenvalue weighted by Gasteiger charge is -2.18. The number of nitrogens with zero attached hydrogens (tertiary/aromatic N) is 2. The monoisotopic (exact) mass is 257 g/mol. The number of thioether (sulfide) groups is 1. The van der Waals surface area contributed by atoms with Crippen molar-refractivity contribution in [3.63, 3.8) is 0 Å². The quantitative estimate of drug-likeness (QED) is 0.787. The van der Waals surface area contributed by atoms with Crippen LogP contribution < -0.4 is 5.32 Å². The van der Waals surface area contributed by atoms with Gasteiger partial charge < -0.3 is 19.7 Å². The van der Waals surface area contributed by atoms with Gasteiger partial charge in [0.15, 0.2) is 0 Å². The molecule has 0 aromatic carbocycles. The molecule has 3 atom stereocenters. The molecule has 0 bridgehead atoms. The van der Waals surface area contributed by atoms with Crippen LogP contribution in [-0.2, 0) is 4.74 Å². The van der Waals surface area contributed by atoms with Gasteiger partial charge in [-0.1, -0.05) is 5.16 Å². The van der Waals surface area contributed by atoms with Crippen LogP contribution >= 0.6 is 11.8 Å². The van der Waals surface area contributed by atoms with E-state index >= 15 is 0 Å². The molecule has 1 aromatic rings. The summed E-state index contributed by atoms with van der Waals surface area (Å²) in [6.45, 7) is 1.32.